The van der Waals surface area contributed by atoms with E-state index in [0.29, 0.717) is 31.2 Å². The number of anilines is 1. The predicted octanol–water partition coefficient (Wildman–Crippen LogP) is 4.56. The molecule has 0 aliphatic carbocycles. The fourth-order valence-corrected chi connectivity index (χ4v) is 4.27. The molecule has 1 saturated heterocycles. The summed E-state index contributed by atoms with van der Waals surface area (Å²) in [6.07, 6.45) is 0.628. The van der Waals surface area contributed by atoms with Gasteiger partial charge in [-0.15, -0.1) is 0 Å². The molecule has 3 N–H and O–H groups in total. The second-order valence-electron chi connectivity index (χ2n) is 8.57. The topological polar surface area (TPSA) is 91.6 Å². The zero-order chi connectivity index (χ0) is 23.9. The first kappa shape index (κ1) is 23.3. The van der Waals surface area contributed by atoms with Gasteiger partial charge in [-0.3, -0.25) is 5.10 Å². The smallest absolute Gasteiger partial charge is 0.188 e. The Balaban J connectivity index is 1.36. The van der Waals surface area contributed by atoms with Crippen molar-refractivity contribution in [2.45, 2.75) is 37.8 Å². The van der Waals surface area contributed by atoms with Crippen LogP contribution in [0.3, 0.4) is 0 Å². The van der Waals surface area contributed by atoms with Gasteiger partial charge in [0.1, 0.15) is 11.9 Å². The van der Waals surface area contributed by atoms with Gasteiger partial charge in [0.2, 0.25) is 0 Å². The molecule has 4 aromatic rings. The third-order valence-electron chi connectivity index (χ3n) is 6.12. The van der Waals surface area contributed by atoms with Crippen molar-refractivity contribution < 1.29 is 18.9 Å². The molecule has 1 aromatic heterocycles. The van der Waals surface area contributed by atoms with E-state index in [4.69, 9.17) is 24.7 Å². The van der Waals surface area contributed by atoms with Crippen LogP contribution in [0, 0.1) is 0 Å². The Hall–Kier alpha value is -3.49. The number of aromatic amines is 1. The Labute approximate surface area is 204 Å². The number of nitrogens with zero attached hydrogens (tertiary/aromatic N) is 1. The summed E-state index contributed by atoms with van der Waals surface area (Å²) in [6.45, 7) is 1.47. The van der Waals surface area contributed by atoms with Crippen molar-refractivity contribution in [3.63, 3.8) is 0 Å². The molecule has 0 spiro atoms. The molecule has 180 valence electrons. The molecule has 0 unspecified atom stereocenters. The second-order valence-corrected chi connectivity index (χ2v) is 8.57. The normalized spacial score (nSPS) is 21.5. The molecule has 2 heterocycles. The number of nitrogen functional groups attached to an aromatic ring is 1. The number of ether oxygens (including phenoxy) is 4. The summed E-state index contributed by atoms with van der Waals surface area (Å²) in [5.74, 6) is 0.420. The molecular formula is C28H29N3O4. The highest BCUT2D eigenvalue weighted by atomic mass is 16.8. The Kier molecular flexibility index (Phi) is 7.20. The largest absolute Gasteiger partial charge is 0.384 e. The highest BCUT2D eigenvalue weighted by Gasteiger charge is 2.60. The fraction of sp³-hybridized carbons (Fsp3) is 0.250. The molecule has 1 aliphatic heterocycles. The number of nitrogens with two attached hydrogens (primary N) is 1. The van der Waals surface area contributed by atoms with Crippen molar-refractivity contribution in [2.24, 2.45) is 0 Å². The molecule has 35 heavy (non-hydrogen) atoms. The quantitative estimate of drug-likeness (QED) is 0.333. The van der Waals surface area contributed by atoms with Gasteiger partial charge in [-0.05, 0) is 16.7 Å². The van der Waals surface area contributed by atoms with Gasteiger partial charge < -0.3 is 24.7 Å². The minimum atomic E-state index is -0.956. The average molecular weight is 472 g/mol. The van der Waals surface area contributed by atoms with E-state index in [1.807, 2.05) is 91.0 Å². The first-order chi connectivity index (χ1) is 17.2. The van der Waals surface area contributed by atoms with E-state index in [1.165, 1.54) is 0 Å². The number of aromatic nitrogens is 2. The van der Waals surface area contributed by atoms with Gasteiger partial charge in [-0.1, -0.05) is 91.0 Å². The summed E-state index contributed by atoms with van der Waals surface area (Å²) < 4.78 is 25.1. The van der Waals surface area contributed by atoms with E-state index in [2.05, 4.69) is 10.2 Å². The monoisotopic (exact) mass is 471 g/mol. The van der Waals surface area contributed by atoms with Crippen LogP contribution in [0.15, 0.2) is 97.2 Å². The van der Waals surface area contributed by atoms with E-state index >= 15 is 0 Å². The lowest BCUT2D eigenvalue weighted by atomic mass is 9.84. The molecule has 1 fully saturated rings. The molecule has 7 heteroatoms. The van der Waals surface area contributed by atoms with Crippen LogP contribution in [-0.2, 0) is 44.4 Å². The van der Waals surface area contributed by atoms with Crippen molar-refractivity contribution in [1.29, 1.82) is 0 Å². The van der Waals surface area contributed by atoms with Gasteiger partial charge in [0, 0.05) is 0 Å². The average Bonchev–Trinajstić information content (AvgIpc) is 3.33. The summed E-state index contributed by atoms with van der Waals surface area (Å²) in [4.78, 5) is 0. The highest BCUT2D eigenvalue weighted by molar-refractivity contribution is 5.44. The standard InChI is InChI=1S/C28H29N3O4/c29-26-24(16-30-31-26)28(20-32-17-21-10-4-1-5-11-21)25(33-18-22-12-6-2-7-13-22)27(35-28)34-19-23-14-8-3-9-15-23/h1-16,25,27H,17-20H2,(H3,29,30,31)/t25-,27-,28-/m1/s1. The van der Waals surface area contributed by atoms with Crippen molar-refractivity contribution in [1.82, 2.24) is 10.2 Å². The first-order valence-electron chi connectivity index (χ1n) is 11.6. The lowest BCUT2D eigenvalue weighted by Crippen LogP contribution is -2.66. The maximum absolute atomic E-state index is 6.44. The highest BCUT2D eigenvalue weighted by Crippen LogP contribution is 2.47. The molecule has 0 saturated carbocycles. The van der Waals surface area contributed by atoms with Gasteiger partial charge in [0.05, 0.1) is 38.2 Å². The van der Waals surface area contributed by atoms with Gasteiger partial charge in [0.25, 0.3) is 0 Å². The number of rotatable bonds is 11. The van der Waals surface area contributed by atoms with E-state index < -0.39 is 18.0 Å². The Morgan fingerprint density at radius 1 is 0.771 bits per heavy atom. The number of hydrogen-bond acceptors (Lipinski definition) is 6. The first-order valence-corrected chi connectivity index (χ1v) is 11.6. The van der Waals surface area contributed by atoms with Crippen molar-refractivity contribution in [2.75, 3.05) is 12.3 Å². The summed E-state index contributed by atoms with van der Waals surface area (Å²) >= 11 is 0. The molecule has 1 aliphatic rings. The molecule has 3 aromatic carbocycles. The molecule has 0 radical (unpaired) electrons. The third kappa shape index (κ3) is 5.28. The Bertz CT molecular complexity index is 1190. The maximum Gasteiger partial charge on any atom is 0.188 e. The molecular weight excluding hydrogens is 442 g/mol. The maximum atomic E-state index is 6.44. The summed E-state index contributed by atoms with van der Waals surface area (Å²) in [5, 5.41) is 6.94. The molecule has 3 atom stereocenters. The van der Waals surface area contributed by atoms with E-state index in [9.17, 15) is 0 Å². The summed E-state index contributed by atoms with van der Waals surface area (Å²) in [5.41, 5.74) is 9.17. The fourth-order valence-electron chi connectivity index (χ4n) is 4.27. The van der Waals surface area contributed by atoms with Crippen molar-refractivity contribution >= 4 is 5.82 Å². The van der Waals surface area contributed by atoms with Gasteiger partial charge >= 0.3 is 0 Å². The number of benzene rings is 3. The number of nitrogens with one attached hydrogen (secondary N) is 1. The number of hydrogen-bond donors (Lipinski definition) is 2. The molecule has 0 amide bonds. The van der Waals surface area contributed by atoms with Crippen LogP contribution in [-0.4, -0.2) is 29.2 Å². The Morgan fingerprint density at radius 2 is 1.31 bits per heavy atom. The van der Waals surface area contributed by atoms with E-state index in [-0.39, 0.29) is 6.61 Å². The Morgan fingerprint density at radius 3 is 1.86 bits per heavy atom. The lowest BCUT2D eigenvalue weighted by molar-refractivity contribution is -0.402. The lowest BCUT2D eigenvalue weighted by Gasteiger charge is -2.53. The molecule has 5 rings (SSSR count). The van der Waals surface area contributed by atoms with E-state index in [0.717, 1.165) is 16.7 Å². The minimum absolute atomic E-state index is 0.232. The van der Waals surface area contributed by atoms with E-state index in [1.54, 1.807) is 6.20 Å². The van der Waals surface area contributed by atoms with Crippen LogP contribution in [0.1, 0.15) is 22.3 Å². The second kappa shape index (κ2) is 10.8. The van der Waals surface area contributed by atoms with Crippen LogP contribution in [0.2, 0.25) is 0 Å². The number of H-pyrrole nitrogens is 1. The van der Waals surface area contributed by atoms with Crippen LogP contribution >= 0.6 is 0 Å². The zero-order valence-corrected chi connectivity index (χ0v) is 19.4. The zero-order valence-electron chi connectivity index (χ0n) is 19.4. The van der Waals surface area contributed by atoms with Gasteiger partial charge in [0.15, 0.2) is 11.9 Å². The molecule has 7 nitrogen and oxygen atoms in total. The van der Waals surface area contributed by atoms with Gasteiger partial charge in [-0.2, -0.15) is 5.10 Å². The third-order valence-corrected chi connectivity index (χ3v) is 6.12. The summed E-state index contributed by atoms with van der Waals surface area (Å²) in [7, 11) is 0. The molecule has 0 bridgehead atoms. The van der Waals surface area contributed by atoms with Crippen molar-refractivity contribution in [3.8, 4) is 0 Å². The van der Waals surface area contributed by atoms with Crippen LogP contribution < -0.4 is 5.73 Å². The summed E-state index contributed by atoms with van der Waals surface area (Å²) in [6, 6.07) is 30.0. The SMILES string of the molecule is Nc1[nH]ncc1[C@@]1(COCc2ccccc2)O[C@@H](OCc2ccccc2)[C@H]1OCc1ccccc1. The van der Waals surface area contributed by atoms with Gasteiger partial charge in [-0.25, -0.2) is 0 Å². The van der Waals surface area contributed by atoms with Crippen LogP contribution in [0.5, 0.6) is 0 Å². The van der Waals surface area contributed by atoms with Crippen LogP contribution in [0.4, 0.5) is 5.82 Å². The predicted molar refractivity (Wildman–Crippen MR) is 132 cm³/mol. The van der Waals surface area contributed by atoms with Crippen LogP contribution in [0.25, 0.3) is 0 Å². The van der Waals surface area contributed by atoms with Crippen molar-refractivity contribution in [3.05, 3.63) is 119 Å². The minimum Gasteiger partial charge on any atom is -0.384 e.